The number of fused-ring (bicyclic) bond motifs is 1. The largest absolute Gasteiger partial charge is 0.354 e. The molecule has 0 aliphatic carbocycles. The maximum Gasteiger partial charge on any atom is 0.186 e. The second kappa shape index (κ2) is 8.14. The number of aromatic amines is 1. The number of H-pyrrole nitrogens is 1. The number of allylic oxidation sites excluding steroid dienone is 6. The summed E-state index contributed by atoms with van der Waals surface area (Å²) in [4.78, 5) is 22.8. The molecule has 138 valence electrons. The predicted molar refractivity (Wildman–Crippen MR) is 114 cm³/mol. The second-order valence-corrected chi connectivity index (χ2v) is 6.80. The fraction of sp³-hybridized carbons (Fsp3) is 0.217. The van der Waals surface area contributed by atoms with Crippen molar-refractivity contribution in [3.63, 3.8) is 0 Å². The minimum absolute atomic E-state index is 0.0312. The van der Waals surface area contributed by atoms with Gasteiger partial charge in [-0.3, -0.25) is 9.79 Å². The lowest BCUT2D eigenvalue weighted by Crippen LogP contribution is -2.18. The van der Waals surface area contributed by atoms with E-state index in [1.54, 1.807) is 6.08 Å². The van der Waals surface area contributed by atoms with Crippen LogP contribution < -0.4 is 0 Å². The van der Waals surface area contributed by atoms with Gasteiger partial charge in [-0.1, -0.05) is 49.1 Å². The quantitative estimate of drug-likeness (QED) is 0.781. The number of carbonyl (C=O) groups excluding carboxylic acids is 1. The second-order valence-electron chi connectivity index (χ2n) is 6.80. The van der Waals surface area contributed by atoms with E-state index >= 15 is 0 Å². The number of aromatic nitrogens is 1. The van der Waals surface area contributed by atoms with Crippen molar-refractivity contribution in [1.29, 1.82) is 0 Å². The Hall–Kier alpha value is -2.98. The molecule has 2 heterocycles. The normalized spacial score (nSPS) is 15.6. The van der Waals surface area contributed by atoms with E-state index in [4.69, 9.17) is 0 Å². The summed E-state index contributed by atoms with van der Waals surface area (Å²) in [7, 11) is 4.07. The van der Waals surface area contributed by atoms with E-state index in [0.717, 1.165) is 40.0 Å². The fourth-order valence-electron chi connectivity index (χ4n) is 3.33. The molecule has 2 aromatic rings. The number of para-hydroxylation sites is 1. The number of ketones is 1. The first kappa shape index (κ1) is 18.8. The Morgan fingerprint density at radius 2 is 2.11 bits per heavy atom. The highest BCUT2D eigenvalue weighted by atomic mass is 16.1. The van der Waals surface area contributed by atoms with Gasteiger partial charge < -0.3 is 9.88 Å². The lowest BCUT2D eigenvalue weighted by Gasteiger charge is -2.16. The van der Waals surface area contributed by atoms with Gasteiger partial charge >= 0.3 is 0 Å². The Kier molecular flexibility index (Phi) is 5.67. The lowest BCUT2D eigenvalue weighted by molar-refractivity contribution is -0.112. The maximum absolute atomic E-state index is 12.7. The fourth-order valence-corrected chi connectivity index (χ4v) is 3.33. The molecule has 0 atom stereocenters. The van der Waals surface area contributed by atoms with Crippen LogP contribution in [0, 0.1) is 0 Å². The highest BCUT2D eigenvalue weighted by molar-refractivity contribution is 6.31. The van der Waals surface area contributed by atoms with Crippen molar-refractivity contribution >= 4 is 28.0 Å². The third-order valence-electron chi connectivity index (χ3n) is 4.47. The summed E-state index contributed by atoms with van der Waals surface area (Å²) in [5.41, 5.74) is 5.50. The molecule has 4 heteroatoms. The number of hydrogen-bond acceptors (Lipinski definition) is 3. The summed E-state index contributed by atoms with van der Waals surface area (Å²) in [5, 5.41) is 1.15. The number of rotatable bonds is 6. The van der Waals surface area contributed by atoms with Crippen molar-refractivity contribution in [2.75, 3.05) is 20.6 Å². The van der Waals surface area contributed by atoms with Crippen molar-refractivity contribution in [3.05, 3.63) is 78.1 Å². The van der Waals surface area contributed by atoms with Gasteiger partial charge in [0.2, 0.25) is 0 Å². The van der Waals surface area contributed by atoms with Crippen LogP contribution in [0.15, 0.2) is 71.8 Å². The van der Waals surface area contributed by atoms with Crippen LogP contribution in [-0.4, -0.2) is 42.0 Å². The number of carbonyl (C=O) groups is 1. The maximum atomic E-state index is 12.7. The van der Waals surface area contributed by atoms with E-state index in [1.165, 1.54) is 0 Å². The SMILES string of the molecule is C=C/C=C(\C=C/C)C1=NCC(=O)C(c2[nH]c3ccccc3c2CN(C)C)=C1. The highest BCUT2D eigenvalue weighted by Gasteiger charge is 2.23. The third-order valence-corrected chi connectivity index (χ3v) is 4.47. The van der Waals surface area contributed by atoms with Gasteiger partial charge in [0.1, 0.15) is 6.54 Å². The molecule has 27 heavy (non-hydrogen) atoms. The topological polar surface area (TPSA) is 48.5 Å². The zero-order valence-corrected chi connectivity index (χ0v) is 16.1. The van der Waals surface area contributed by atoms with E-state index in [-0.39, 0.29) is 12.3 Å². The van der Waals surface area contributed by atoms with Crippen molar-refractivity contribution in [1.82, 2.24) is 9.88 Å². The van der Waals surface area contributed by atoms with Gasteiger partial charge in [0.05, 0.1) is 11.4 Å². The molecule has 0 bridgehead atoms. The Morgan fingerprint density at radius 3 is 2.81 bits per heavy atom. The van der Waals surface area contributed by atoms with E-state index in [9.17, 15) is 4.79 Å². The molecule has 1 aromatic heterocycles. The number of dihydropyridines is 1. The smallest absolute Gasteiger partial charge is 0.186 e. The van der Waals surface area contributed by atoms with Crippen LogP contribution in [0.1, 0.15) is 18.2 Å². The summed E-state index contributed by atoms with van der Waals surface area (Å²) < 4.78 is 0. The minimum atomic E-state index is 0.0312. The first-order valence-electron chi connectivity index (χ1n) is 9.05. The minimum Gasteiger partial charge on any atom is -0.354 e. The van der Waals surface area contributed by atoms with Gasteiger partial charge in [0, 0.05) is 23.0 Å². The number of aliphatic imine (C=N–C) groups is 1. The van der Waals surface area contributed by atoms with Gasteiger partial charge in [-0.2, -0.15) is 0 Å². The summed E-state index contributed by atoms with van der Waals surface area (Å²) in [5.74, 6) is 0.0312. The van der Waals surface area contributed by atoms with Crippen molar-refractivity contribution in [3.8, 4) is 0 Å². The van der Waals surface area contributed by atoms with Gasteiger partial charge in [-0.05, 0) is 44.3 Å². The summed E-state index contributed by atoms with van der Waals surface area (Å²) in [6, 6.07) is 8.17. The van der Waals surface area contributed by atoms with Crippen LogP contribution in [0.5, 0.6) is 0 Å². The Labute approximate surface area is 160 Å². The standard InChI is InChI=1S/C23H25N3O/c1-5-9-16(10-6-2)21-13-18(22(27)14-24-21)23-19(15-26(3)4)17-11-7-8-12-20(17)25-23/h5-13,25H,1,14-15H2,2-4H3/b10-6-,16-9+. The molecule has 0 unspecified atom stereocenters. The summed E-state index contributed by atoms with van der Waals surface area (Å²) in [6.07, 6.45) is 9.49. The summed E-state index contributed by atoms with van der Waals surface area (Å²) in [6.45, 7) is 6.65. The van der Waals surface area contributed by atoms with Crippen molar-refractivity contribution in [2.24, 2.45) is 4.99 Å². The molecular weight excluding hydrogens is 334 g/mol. The average molecular weight is 359 g/mol. The van der Waals surface area contributed by atoms with E-state index in [2.05, 4.69) is 27.5 Å². The van der Waals surface area contributed by atoms with Gasteiger partial charge in [-0.25, -0.2) is 0 Å². The van der Waals surface area contributed by atoms with E-state index in [0.29, 0.717) is 5.57 Å². The van der Waals surface area contributed by atoms with Crippen LogP contribution >= 0.6 is 0 Å². The van der Waals surface area contributed by atoms with Crippen LogP contribution in [0.4, 0.5) is 0 Å². The highest BCUT2D eigenvalue weighted by Crippen LogP contribution is 2.30. The molecule has 3 rings (SSSR count). The number of nitrogens with zero attached hydrogens (tertiary/aromatic N) is 2. The molecule has 0 saturated carbocycles. The molecular formula is C23H25N3O. The van der Waals surface area contributed by atoms with Crippen molar-refractivity contribution < 1.29 is 4.79 Å². The number of Topliss-reactive ketones (excluding diaryl/α,β-unsaturated/α-hetero) is 1. The monoisotopic (exact) mass is 359 g/mol. The molecule has 0 radical (unpaired) electrons. The Morgan fingerprint density at radius 1 is 1.33 bits per heavy atom. The first-order valence-corrected chi connectivity index (χ1v) is 9.05. The molecule has 0 fully saturated rings. The van der Waals surface area contributed by atoms with Crippen LogP contribution in [0.2, 0.25) is 0 Å². The Bertz CT molecular complexity index is 1000. The average Bonchev–Trinajstić information content (AvgIpc) is 3.00. The van der Waals surface area contributed by atoms with Crippen molar-refractivity contribution in [2.45, 2.75) is 13.5 Å². The number of nitrogens with one attached hydrogen (secondary N) is 1. The lowest BCUT2D eigenvalue weighted by atomic mass is 9.96. The number of hydrogen-bond donors (Lipinski definition) is 1. The zero-order valence-electron chi connectivity index (χ0n) is 16.1. The van der Waals surface area contributed by atoms with Crippen LogP contribution in [0.3, 0.4) is 0 Å². The third kappa shape index (κ3) is 3.91. The van der Waals surface area contributed by atoms with Crippen LogP contribution in [0.25, 0.3) is 16.5 Å². The van der Waals surface area contributed by atoms with E-state index < -0.39 is 0 Å². The number of benzene rings is 1. The Balaban J connectivity index is 2.16. The van der Waals surface area contributed by atoms with Gasteiger partial charge in [-0.15, -0.1) is 0 Å². The molecule has 4 nitrogen and oxygen atoms in total. The molecule has 0 saturated heterocycles. The molecule has 1 N–H and O–H groups in total. The van der Waals surface area contributed by atoms with Crippen LogP contribution in [-0.2, 0) is 11.3 Å². The zero-order chi connectivity index (χ0) is 19.4. The van der Waals surface area contributed by atoms with E-state index in [1.807, 2.05) is 63.5 Å². The molecule has 1 aliphatic heterocycles. The molecule has 0 amide bonds. The first-order chi connectivity index (χ1) is 13.0. The molecule has 1 aromatic carbocycles. The molecule has 0 spiro atoms. The summed E-state index contributed by atoms with van der Waals surface area (Å²) >= 11 is 0. The van der Waals surface area contributed by atoms with Gasteiger partial charge in [0.15, 0.2) is 5.78 Å². The predicted octanol–water partition coefficient (Wildman–Crippen LogP) is 4.33. The molecule has 1 aliphatic rings. The van der Waals surface area contributed by atoms with Gasteiger partial charge in [0.25, 0.3) is 0 Å².